The second kappa shape index (κ2) is 5.25. The number of hydrogen-bond acceptors (Lipinski definition) is 1. The third kappa shape index (κ3) is 2.29. The van der Waals surface area contributed by atoms with Crippen LogP contribution in [0.2, 0.25) is 0 Å². The molecule has 2 aromatic rings. The fourth-order valence-corrected chi connectivity index (χ4v) is 2.97. The number of anilines is 1. The molecule has 1 atom stereocenters. The highest BCUT2D eigenvalue weighted by atomic mass is 35.5. The van der Waals surface area contributed by atoms with E-state index < -0.39 is 5.37 Å². The third-order valence-corrected chi connectivity index (χ3v) is 3.88. The third-order valence-electron chi connectivity index (χ3n) is 3.69. The first-order valence-electron chi connectivity index (χ1n) is 6.49. The first-order chi connectivity index (χ1) is 9.66. The Hall–Kier alpha value is -1.87. The summed E-state index contributed by atoms with van der Waals surface area (Å²) in [6, 6.07) is 13.8. The van der Waals surface area contributed by atoms with E-state index in [0.717, 1.165) is 29.7 Å². The number of nitrogens with zero attached hydrogens (tertiary/aromatic N) is 1. The number of para-hydroxylation sites is 1. The lowest BCUT2D eigenvalue weighted by Crippen LogP contribution is -2.35. The normalized spacial score (nSPS) is 17.7. The lowest BCUT2D eigenvalue weighted by Gasteiger charge is -2.36. The Morgan fingerprint density at radius 3 is 2.55 bits per heavy atom. The molecule has 1 unspecified atom stereocenters. The maximum absolute atomic E-state index is 13.0. The quantitative estimate of drug-likeness (QED) is 0.551. The van der Waals surface area contributed by atoms with E-state index in [-0.39, 0.29) is 11.9 Å². The molecule has 2 aromatic carbocycles. The van der Waals surface area contributed by atoms with Crippen molar-refractivity contribution in [2.75, 3.05) is 4.90 Å². The molecule has 0 bridgehead atoms. The van der Waals surface area contributed by atoms with Gasteiger partial charge >= 0.3 is 5.37 Å². The van der Waals surface area contributed by atoms with E-state index in [2.05, 4.69) is 0 Å². The zero-order chi connectivity index (χ0) is 14.1. The highest BCUT2D eigenvalue weighted by Crippen LogP contribution is 2.39. The monoisotopic (exact) mass is 289 g/mol. The van der Waals surface area contributed by atoms with Crippen LogP contribution in [0.25, 0.3) is 0 Å². The van der Waals surface area contributed by atoms with Gasteiger partial charge in [-0.2, -0.15) is 0 Å². The van der Waals surface area contributed by atoms with E-state index >= 15 is 0 Å². The highest BCUT2D eigenvalue weighted by molar-refractivity contribution is 6.66. The van der Waals surface area contributed by atoms with E-state index in [1.165, 1.54) is 12.1 Å². The number of halogens is 2. The molecule has 1 aliphatic rings. The number of amides is 1. The molecule has 0 N–H and O–H groups in total. The number of rotatable bonds is 1. The molecule has 0 radical (unpaired) electrons. The summed E-state index contributed by atoms with van der Waals surface area (Å²) in [6.07, 6.45) is 1.65. The van der Waals surface area contributed by atoms with Gasteiger partial charge in [-0.15, -0.1) is 0 Å². The van der Waals surface area contributed by atoms with Crippen molar-refractivity contribution in [3.8, 4) is 0 Å². The first kappa shape index (κ1) is 13.1. The number of hydrogen-bond donors (Lipinski definition) is 0. The molecule has 2 nitrogen and oxygen atoms in total. The minimum absolute atomic E-state index is 0.143. The van der Waals surface area contributed by atoms with Crippen LogP contribution in [-0.4, -0.2) is 5.37 Å². The average Bonchev–Trinajstić information content (AvgIpc) is 2.46. The van der Waals surface area contributed by atoms with Crippen molar-refractivity contribution in [1.82, 2.24) is 0 Å². The topological polar surface area (TPSA) is 20.3 Å². The zero-order valence-electron chi connectivity index (χ0n) is 10.7. The second-order valence-electron chi connectivity index (χ2n) is 4.86. The van der Waals surface area contributed by atoms with Gasteiger partial charge in [-0.05, 0) is 53.8 Å². The maximum Gasteiger partial charge on any atom is 0.321 e. The minimum Gasteiger partial charge on any atom is -0.291 e. The molecular formula is C16H13ClFNO. The molecule has 0 saturated heterocycles. The van der Waals surface area contributed by atoms with Gasteiger partial charge in [-0.1, -0.05) is 30.3 Å². The maximum atomic E-state index is 13.0. The summed E-state index contributed by atoms with van der Waals surface area (Å²) in [5.74, 6) is -0.284. The van der Waals surface area contributed by atoms with E-state index in [9.17, 15) is 9.18 Å². The summed E-state index contributed by atoms with van der Waals surface area (Å²) in [7, 11) is 0. The van der Waals surface area contributed by atoms with Crippen LogP contribution < -0.4 is 4.90 Å². The van der Waals surface area contributed by atoms with E-state index in [1.54, 1.807) is 17.0 Å². The van der Waals surface area contributed by atoms with Gasteiger partial charge in [-0.25, -0.2) is 4.39 Å². The molecule has 102 valence electrons. The summed E-state index contributed by atoms with van der Waals surface area (Å²) < 4.78 is 13.0. The van der Waals surface area contributed by atoms with Crippen LogP contribution in [0.3, 0.4) is 0 Å². The number of benzene rings is 2. The molecule has 0 aromatic heterocycles. The SMILES string of the molecule is O=C(Cl)N1c2ccccc2CCC1c1ccc(F)cc1. The van der Waals surface area contributed by atoms with Crippen LogP contribution in [0.15, 0.2) is 48.5 Å². The zero-order valence-corrected chi connectivity index (χ0v) is 11.5. The number of aryl methyl sites for hydroxylation is 1. The molecule has 3 rings (SSSR count). The Labute approximate surface area is 121 Å². The molecule has 4 heteroatoms. The summed E-state index contributed by atoms with van der Waals surface area (Å²) in [4.78, 5) is 13.4. The van der Waals surface area contributed by atoms with Crippen molar-refractivity contribution in [2.24, 2.45) is 0 Å². The fraction of sp³-hybridized carbons (Fsp3) is 0.188. The van der Waals surface area contributed by atoms with Crippen LogP contribution in [-0.2, 0) is 6.42 Å². The van der Waals surface area contributed by atoms with Gasteiger partial charge in [0.15, 0.2) is 0 Å². The molecule has 1 aliphatic heterocycles. The minimum atomic E-state index is -0.508. The lowest BCUT2D eigenvalue weighted by molar-refractivity contribution is 0.261. The molecule has 0 aliphatic carbocycles. The first-order valence-corrected chi connectivity index (χ1v) is 6.86. The van der Waals surface area contributed by atoms with Crippen molar-refractivity contribution >= 4 is 22.7 Å². The number of carbonyl (C=O) groups is 1. The summed E-state index contributed by atoms with van der Waals surface area (Å²) in [6.45, 7) is 0. The molecular weight excluding hydrogens is 277 g/mol. The predicted octanol–water partition coefficient (Wildman–Crippen LogP) is 4.68. The number of carbonyl (C=O) groups excluding carboxylic acids is 1. The molecule has 0 spiro atoms. The van der Waals surface area contributed by atoms with E-state index in [4.69, 9.17) is 11.6 Å². The fourth-order valence-electron chi connectivity index (χ4n) is 2.76. The Bertz CT molecular complexity index is 641. The van der Waals surface area contributed by atoms with Gasteiger partial charge in [0.1, 0.15) is 5.82 Å². The Morgan fingerprint density at radius 1 is 1.15 bits per heavy atom. The summed E-state index contributed by atoms with van der Waals surface area (Å²) >= 11 is 5.77. The number of fused-ring (bicyclic) bond motifs is 1. The van der Waals surface area contributed by atoms with Crippen LogP contribution in [0.4, 0.5) is 14.9 Å². The lowest BCUT2D eigenvalue weighted by atomic mass is 9.92. The van der Waals surface area contributed by atoms with Gasteiger partial charge in [0.05, 0.1) is 6.04 Å². The van der Waals surface area contributed by atoms with Gasteiger partial charge < -0.3 is 0 Å². The smallest absolute Gasteiger partial charge is 0.291 e. The van der Waals surface area contributed by atoms with Crippen molar-refractivity contribution in [1.29, 1.82) is 0 Å². The van der Waals surface area contributed by atoms with Crippen LogP contribution >= 0.6 is 11.6 Å². The van der Waals surface area contributed by atoms with Crippen molar-refractivity contribution in [2.45, 2.75) is 18.9 Å². The van der Waals surface area contributed by atoms with Gasteiger partial charge in [0.2, 0.25) is 0 Å². The Balaban J connectivity index is 2.04. The second-order valence-corrected chi connectivity index (χ2v) is 5.18. The van der Waals surface area contributed by atoms with Crippen molar-refractivity contribution < 1.29 is 9.18 Å². The molecule has 0 saturated carbocycles. The summed E-state index contributed by atoms with van der Waals surface area (Å²) in [5, 5.41) is -0.508. The Kier molecular flexibility index (Phi) is 3.45. The van der Waals surface area contributed by atoms with Crippen molar-refractivity contribution in [3.63, 3.8) is 0 Å². The van der Waals surface area contributed by atoms with Gasteiger partial charge in [-0.3, -0.25) is 9.69 Å². The summed E-state index contributed by atoms with van der Waals surface area (Å²) in [5.41, 5.74) is 2.85. The molecule has 1 amide bonds. The van der Waals surface area contributed by atoms with Crippen LogP contribution in [0.1, 0.15) is 23.6 Å². The van der Waals surface area contributed by atoms with Gasteiger partial charge in [0, 0.05) is 5.69 Å². The predicted molar refractivity (Wildman–Crippen MR) is 77.6 cm³/mol. The van der Waals surface area contributed by atoms with Crippen molar-refractivity contribution in [3.05, 3.63) is 65.5 Å². The highest BCUT2D eigenvalue weighted by Gasteiger charge is 2.30. The molecule has 1 heterocycles. The van der Waals surface area contributed by atoms with E-state index in [0.29, 0.717) is 0 Å². The average molecular weight is 290 g/mol. The van der Waals surface area contributed by atoms with Crippen LogP contribution in [0, 0.1) is 5.82 Å². The Morgan fingerprint density at radius 2 is 1.85 bits per heavy atom. The van der Waals surface area contributed by atoms with Crippen LogP contribution in [0.5, 0.6) is 0 Å². The standard InChI is InChI=1S/C16H13ClFNO/c17-16(20)19-14-4-2-1-3-11(14)7-10-15(19)12-5-8-13(18)9-6-12/h1-6,8-9,15H,7,10H2. The molecule has 0 fully saturated rings. The van der Waals surface area contributed by atoms with E-state index in [1.807, 2.05) is 24.3 Å². The molecule has 20 heavy (non-hydrogen) atoms. The van der Waals surface area contributed by atoms with Gasteiger partial charge in [0.25, 0.3) is 0 Å². The largest absolute Gasteiger partial charge is 0.321 e.